The number of carbonyl (C=O) groups is 2. The van der Waals surface area contributed by atoms with Crippen LogP contribution in [0.3, 0.4) is 0 Å². The summed E-state index contributed by atoms with van der Waals surface area (Å²) in [5.41, 5.74) is 0.383. The molecule has 0 bridgehead atoms. The highest BCUT2D eigenvalue weighted by atomic mass is 35.5. The summed E-state index contributed by atoms with van der Waals surface area (Å²) in [6, 6.07) is 7.39. The van der Waals surface area contributed by atoms with Crippen molar-refractivity contribution in [2.45, 2.75) is 12.6 Å². The van der Waals surface area contributed by atoms with E-state index in [1.54, 1.807) is 30.4 Å². The molecule has 1 aromatic heterocycles. The SMILES string of the molecule is CNC1(C(C)=O)CN(c2ncc(-c3cccc(Cl)c3)cn2)CCN1C(=O)O. The lowest BCUT2D eigenvalue weighted by atomic mass is 10.00. The predicted molar refractivity (Wildman–Crippen MR) is 102 cm³/mol. The molecule has 1 unspecified atom stereocenters. The highest BCUT2D eigenvalue weighted by Crippen LogP contribution is 2.25. The maximum Gasteiger partial charge on any atom is 0.409 e. The van der Waals surface area contributed by atoms with Crippen molar-refractivity contribution in [3.8, 4) is 11.1 Å². The zero-order valence-electron chi connectivity index (χ0n) is 15.0. The summed E-state index contributed by atoms with van der Waals surface area (Å²) >= 11 is 6.02. The number of Topliss-reactive ketones (excluding diaryl/α,β-unsaturated/α-hetero) is 1. The maximum absolute atomic E-state index is 12.3. The van der Waals surface area contributed by atoms with Gasteiger partial charge in [-0.2, -0.15) is 0 Å². The first-order valence-electron chi connectivity index (χ1n) is 8.41. The van der Waals surface area contributed by atoms with Crippen molar-refractivity contribution in [2.24, 2.45) is 0 Å². The van der Waals surface area contributed by atoms with Crippen LogP contribution in [0.2, 0.25) is 5.02 Å². The van der Waals surface area contributed by atoms with Gasteiger partial charge in [-0.25, -0.2) is 14.8 Å². The molecule has 1 saturated heterocycles. The van der Waals surface area contributed by atoms with Crippen LogP contribution >= 0.6 is 11.6 Å². The third-order valence-electron chi connectivity index (χ3n) is 4.78. The van der Waals surface area contributed by atoms with Crippen molar-refractivity contribution in [3.63, 3.8) is 0 Å². The van der Waals surface area contributed by atoms with Crippen molar-refractivity contribution in [1.29, 1.82) is 0 Å². The Kier molecular flexibility index (Phi) is 5.29. The molecule has 1 aromatic carbocycles. The summed E-state index contributed by atoms with van der Waals surface area (Å²) in [7, 11) is 1.57. The Balaban J connectivity index is 1.86. The van der Waals surface area contributed by atoms with Gasteiger partial charge in [0.1, 0.15) is 0 Å². The van der Waals surface area contributed by atoms with Crippen molar-refractivity contribution >= 4 is 29.4 Å². The molecule has 0 radical (unpaired) electrons. The Morgan fingerprint density at radius 2 is 1.93 bits per heavy atom. The average Bonchev–Trinajstić information content (AvgIpc) is 2.67. The van der Waals surface area contributed by atoms with Crippen LogP contribution in [0.5, 0.6) is 0 Å². The molecule has 27 heavy (non-hydrogen) atoms. The number of aromatic nitrogens is 2. The molecule has 2 N–H and O–H groups in total. The molecule has 3 rings (SSSR count). The molecular weight excluding hydrogens is 370 g/mol. The first kappa shape index (κ1) is 19.1. The molecule has 1 aliphatic heterocycles. The standard InChI is InChI=1S/C18H20ClN5O3/c1-12(25)18(20-2)11-23(6-7-24(18)17(26)27)16-21-9-14(10-22-16)13-4-3-5-15(19)8-13/h3-5,8-10,20H,6-7,11H2,1-2H3,(H,26,27). The molecule has 0 spiro atoms. The average molecular weight is 390 g/mol. The molecule has 2 aromatic rings. The fourth-order valence-electron chi connectivity index (χ4n) is 3.27. The number of likely N-dealkylation sites (N-methyl/N-ethyl adjacent to an activating group) is 1. The van der Waals surface area contributed by atoms with Crippen LogP contribution in [-0.2, 0) is 4.79 Å². The van der Waals surface area contributed by atoms with Gasteiger partial charge in [-0.15, -0.1) is 0 Å². The molecule has 0 saturated carbocycles. The summed E-state index contributed by atoms with van der Waals surface area (Å²) in [5, 5.41) is 13.0. The van der Waals surface area contributed by atoms with E-state index < -0.39 is 11.8 Å². The van der Waals surface area contributed by atoms with Gasteiger partial charge in [0.15, 0.2) is 11.4 Å². The van der Waals surface area contributed by atoms with E-state index in [0.717, 1.165) is 16.0 Å². The molecule has 1 fully saturated rings. The van der Waals surface area contributed by atoms with Crippen LogP contribution < -0.4 is 10.2 Å². The van der Waals surface area contributed by atoms with Gasteiger partial charge in [-0.1, -0.05) is 23.7 Å². The van der Waals surface area contributed by atoms with E-state index in [9.17, 15) is 14.7 Å². The molecule has 1 aliphatic rings. The number of anilines is 1. The van der Waals surface area contributed by atoms with Gasteiger partial charge < -0.3 is 10.0 Å². The lowest BCUT2D eigenvalue weighted by Gasteiger charge is -2.47. The van der Waals surface area contributed by atoms with E-state index in [-0.39, 0.29) is 18.9 Å². The van der Waals surface area contributed by atoms with Gasteiger partial charge in [0.05, 0.1) is 6.54 Å². The van der Waals surface area contributed by atoms with Gasteiger partial charge in [-0.3, -0.25) is 15.0 Å². The molecule has 9 heteroatoms. The van der Waals surface area contributed by atoms with Gasteiger partial charge in [-0.05, 0) is 31.7 Å². The van der Waals surface area contributed by atoms with Crippen molar-refractivity contribution < 1.29 is 14.7 Å². The second-order valence-corrected chi connectivity index (χ2v) is 6.74. The molecule has 1 atom stereocenters. The number of benzene rings is 1. The number of hydrogen-bond donors (Lipinski definition) is 2. The Morgan fingerprint density at radius 3 is 2.48 bits per heavy atom. The second-order valence-electron chi connectivity index (χ2n) is 6.30. The number of hydrogen-bond acceptors (Lipinski definition) is 6. The number of ketones is 1. The van der Waals surface area contributed by atoms with Crippen LogP contribution in [0.25, 0.3) is 11.1 Å². The molecule has 142 valence electrons. The Labute approximate surface area is 161 Å². The lowest BCUT2D eigenvalue weighted by Crippen LogP contribution is -2.73. The van der Waals surface area contributed by atoms with E-state index in [0.29, 0.717) is 17.5 Å². The van der Waals surface area contributed by atoms with E-state index in [2.05, 4.69) is 15.3 Å². The Bertz CT molecular complexity index is 860. The summed E-state index contributed by atoms with van der Waals surface area (Å²) < 4.78 is 0. The van der Waals surface area contributed by atoms with Crippen LogP contribution in [0.1, 0.15) is 6.92 Å². The van der Waals surface area contributed by atoms with Gasteiger partial charge in [0.25, 0.3) is 0 Å². The quantitative estimate of drug-likeness (QED) is 0.826. The minimum Gasteiger partial charge on any atom is -0.465 e. The van der Waals surface area contributed by atoms with E-state index >= 15 is 0 Å². The minimum absolute atomic E-state index is 0.127. The summed E-state index contributed by atoms with van der Waals surface area (Å²) in [5.74, 6) is 0.152. The summed E-state index contributed by atoms with van der Waals surface area (Å²) in [6.45, 7) is 2.05. The highest BCUT2D eigenvalue weighted by molar-refractivity contribution is 6.30. The van der Waals surface area contributed by atoms with E-state index in [1.807, 2.05) is 18.2 Å². The van der Waals surface area contributed by atoms with Crippen LogP contribution in [-0.4, -0.2) is 64.2 Å². The number of amides is 1. The van der Waals surface area contributed by atoms with E-state index in [1.165, 1.54) is 6.92 Å². The summed E-state index contributed by atoms with van der Waals surface area (Å²) in [4.78, 5) is 35.6. The first-order chi connectivity index (χ1) is 12.9. The fraction of sp³-hybridized carbons (Fsp3) is 0.333. The number of carbonyl (C=O) groups excluding carboxylic acids is 1. The Hall–Kier alpha value is -2.71. The normalized spacial score (nSPS) is 19.8. The molecular formula is C18H20ClN5O3. The van der Waals surface area contributed by atoms with Crippen LogP contribution in [0, 0.1) is 0 Å². The molecule has 1 amide bonds. The topological polar surface area (TPSA) is 98.7 Å². The minimum atomic E-state index is -1.33. The number of halogens is 1. The maximum atomic E-state index is 12.3. The van der Waals surface area contributed by atoms with Crippen molar-refractivity contribution in [3.05, 3.63) is 41.7 Å². The van der Waals surface area contributed by atoms with E-state index in [4.69, 9.17) is 11.6 Å². The largest absolute Gasteiger partial charge is 0.465 e. The van der Waals surface area contributed by atoms with Gasteiger partial charge in [0, 0.05) is 36.1 Å². The monoisotopic (exact) mass is 389 g/mol. The zero-order chi connectivity index (χ0) is 19.6. The number of rotatable bonds is 4. The number of nitrogens with zero attached hydrogens (tertiary/aromatic N) is 4. The lowest BCUT2D eigenvalue weighted by molar-refractivity contribution is -0.130. The first-order valence-corrected chi connectivity index (χ1v) is 8.78. The molecule has 2 heterocycles. The molecule has 0 aliphatic carbocycles. The zero-order valence-corrected chi connectivity index (χ0v) is 15.8. The second kappa shape index (κ2) is 7.50. The van der Waals surface area contributed by atoms with Crippen molar-refractivity contribution in [2.75, 3.05) is 31.6 Å². The Morgan fingerprint density at radius 1 is 1.22 bits per heavy atom. The third-order valence-corrected chi connectivity index (χ3v) is 5.01. The van der Waals surface area contributed by atoms with Crippen molar-refractivity contribution in [1.82, 2.24) is 20.2 Å². The predicted octanol–water partition coefficient (Wildman–Crippen LogP) is 2.10. The highest BCUT2D eigenvalue weighted by Gasteiger charge is 2.47. The van der Waals surface area contributed by atoms with Crippen LogP contribution in [0.4, 0.5) is 10.7 Å². The molecule has 8 nitrogen and oxygen atoms in total. The smallest absolute Gasteiger partial charge is 0.409 e. The number of nitrogens with one attached hydrogen (secondary N) is 1. The van der Waals surface area contributed by atoms with Crippen LogP contribution in [0.15, 0.2) is 36.7 Å². The van der Waals surface area contributed by atoms with Gasteiger partial charge in [0.2, 0.25) is 5.95 Å². The number of carboxylic acid groups (broad SMARTS) is 1. The third kappa shape index (κ3) is 3.58. The summed E-state index contributed by atoms with van der Waals surface area (Å²) in [6.07, 6.45) is 2.23. The number of piperazine rings is 1. The van der Waals surface area contributed by atoms with Gasteiger partial charge >= 0.3 is 6.09 Å². The fourth-order valence-corrected chi connectivity index (χ4v) is 3.47.